The molecule has 0 aliphatic carbocycles. The summed E-state index contributed by atoms with van der Waals surface area (Å²) in [4.78, 5) is 37.1. The number of likely N-dealkylation sites (N-methyl/N-ethyl adjacent to an activating group) is 1. The number of allylic oxidation sites excluding steroid dienone is 22. The minimum atomic E-state index is -1.63. The van der Waals surface area contributed by atoms with Crippen molar-refractivity contribution in [1.82, 2.24) is 0 Å². The molecule has 0 radical (unpaired) electrons. The molecule has 418 valence electrons. The van der Waals surface area contributed by atoms with Gasteiger partial charge in [0.05, 0.1) is 40.3 Å². The Morgan fingerprint density at radius 3 is 1.15 bits per heavy atom. The standard InChI is InChI=1S/C65H105NO8/c1-6-8-10-12-14-16-18-19-20-21-22-23-24-25-26-27-28-29-30-31-32-33-34-35-36-37-38-39-40-41-42-43-44-45-46-48-50-52-54-56-63(68)74-61(60-73-65(64(69)70)71-58-57-66(3,4)5)59-72-62(67)55-53-51-49-47-17-15-13-11-9-7-2/h8,10,14,16,19-20,22-23,25-26,28-29,31-32,34-35,37-38,40-41,43-44,61,65H,6-7,9,11-13,15,17-18,21,24,27,30,33,36,39,42,45-60H2,1-5H3/b10-8-,16-14-,20-19-,23-22-,26-25-,29-28-,32-31-,35-34-,38-37-,41-40-,44-43-. The maximum atomic E-state index is 12.8. The first-order valence-electron chi connectivity index (χ1n) is 28.8. The molecule has 0 aromatic rings. The number of carboxylic acids is 1. The van der Waals surface area contributed by atoms with Gasteiger partial charge in [0.2, 0.25) is 0 Å². The first kappa shape index (κ1) is 69.4. The van der Waals surface area contributed by atoms with Crippen molar-refractivity contribution in [3.63, 3.8) is 0 Å². The summed E-state index contributed by atoms with van der Waals surface area (Å²) in [5, 5.41) is 11.7. The molecule has 0 aromatic heterocycles. The minimum absolute atomic E-state index is 0.138. The third-order valence-corrected chi connectivity index (χ3v) is 11.7. The van der Waals surface area contributed by atoms with Crippen molar-refractivity contribution in [3.05, 3.63) is 134 Å². The molecule has 0 fully saturated rings. The fraction of sp³-hybridized carbons (Fsp3) is 0.615. The van der Waals surface area contributed by atoms with E-state index in [4.69, 9.17) is 18.9 Å². The Labute approximate surface area is 452 Å². The SMILES string of the molecule is CC/C=C\C/C=C\C/C=C\C/C=C\C/C=C\C/C=C\C/C=C\C/C=C\C/C=C\C/C=C\C/C=C\CCCCCCCC(=O)OC(COC(=O)CCCCCCCCCCCC)COC(OCC[N+](C)(C)C)C(=O)[O-]. The molecule has 0 heterocycles. The third kappa shape index (κ3) is 55.2. The van der Waals surface area contributed by atoms with Crippen LogP contribution in [0.5, 0.6) is 0 Å². The Morgan fingerprint density at radius 2 is 0.770 bits per heavy atom. The van der Waals surface area contributed by atoms with Crippen molar-refractivity contribution in [2.45, 2.75) is 212 Å². The lowest BCUT2D eigenvalue weighted by Gasteiger charge is -2.26. The topological polar surface area (TPSA) is 111 Å². The average Bonchev–Trinajstić information content (AvgIpc) is 3.37. The maximum absolute atomic E-state index is 12.8. The molecule has 0 aliphatic heterocycles. The molecule has 2 unspecified atom stereocenters. The average molecular weight is 1030 g/mol. The number of unbranched alkanes of at least 4 members (excludes halogenated alkanes) is 14. The lowest BCUT2D eigenvalue weighted by atomic mass is 10.1. The van der Waals surface area contributed by atoms with Gasteiger partial charge in [0.15, 0.2) is 12.4 Å². The summed E-state index contributed by atoms with van der Waals surface area (Å²) in [6.07, 6.45) is 75.2. The van der Waals surface area contributed by atoms with Crippen LogP contribution in [0, 0.1) is 0 Å². The van der Waals surface area contributed by atoms with Crippen LogP contribution in [-0.4, -0.2) is 82.3 Å². The molecule has 0 saturated carbocycles. The van der Waals surface area contributed by atoms with Gasteiger partial charge in [-0.05, 0) is 96.3 Å². The Hall–Kier alpha value is -4.57. The Bertz CT molecular complexity index is 1670. The van der Waals surface area contributed by atoms with Gasteiger partial charge < -0.3 is 33.3 Å². The lowest BCUT2D eigenvalue weighted by Crippen LogP contribution is -2.44. The van der Waals surface area contributed by atoms with Gasteiger partial charge in [-0.3, -0.25) is 9.59 Å². The van der Waals surface area contributed by atoms with E-state index in [1.807, 2.05) is 21.1 Å². The monoisotopic (exact) mass is 1030 g/mol. The zero-order valence-corrected chi connectivity index (χ0v) is 47.4. The molecular weight excluding hydrogens is 923 g/mol. The van der Waals surface area contributed by atoms with E-state index in [1.165, 1.54) is 44.9 Å². The molecule has 0 saturated heterocycles. The van der Waals surface area contributed by atoms with Crippen LogP contribution in [-0.2, 0) is 33.3 Å². The quantitative estimate of drug-likeness (QED) is 0.0195. The van der Waals surface area contributed by atoms with Crippen LogP contribution in [0.2, 0.25) is 0 Å². The number of carbonyl (C=O) groups excluding carboxylic acids is 3. The molecular formula is C65H105NO8. The number of rotatable bonds is 51. The number of carbonyl (C=O) groups is 3. The van der Waals surface area contributed by atoms with E-state index in [1.54, 1.807) is 0 Å². The van der Waals surface area contributed by atoms with Crippen LogP contribution in [0.3, 0.4) is 0 Å². The summed E-state index contributed by atoms with van der Waals surface area (Å²) in [6.45, 7) is 4.56. The summed E-state index contributed by atoms with van der Waals surface area (Å²) in [6, 6.07) is 0. The fourth-order valence-electron chi connectivity index (χ4n) is 7.24. The van der Waals surface area contributed by atoms with Gasteiger partial charge in [-0.2, -0.15) is 0 Å². The summed E-state index contributed by atoms with van der Waals surface area (Å²) < 4.78 is 22.6. The number of quaternary nitrogens is 1. The van der Waals surface area contributed by atoms with Gasteiger partial charge in [-0.15, -0.1) is 0 Å². The maximum Gasteiger partial charge on any atom is 0.306 e. The molecule has 0 aliphatic rings. The normalized spacial score (nSPS) is 13.8. The zero-order chi connectivity index (χ0) is 54.1. The number of hydrogen-bond donors (Lipinski definition) is 0. The minimum Gasteiger partial charge on any atom is -0.545 e. The highest BCUT2D eigenvalue weighted by molar-refractivity contribution is 5.70. The lowest BCUT2D eigenvalue weighted by molar-refractivity contribution is -0.870. The second-order valence-corrected chi connectivity index (χ2v) is 19.9. The summed E-state index contributed by atoms with van der Waals surface area (Å²) in [5.74, 6) is -2.33. The van der Waals surface area contributed by atoms with Crippen LogP contribution in [0.25, 0.3) is 0 Å². The number of ether oxygens (including phenoxy) is 4. The van der Waals surface area contributed by atoms with E-state index in [0.717, 1.165) is 122 Å². The molecule has 0 aromatic carbocycles. The van der Waals surface area contributed by atoms with Crippen molar-refractivity contribution in [3.8, 4) is 0 Å². The molecule has 9 heteroatoms. The summed E-state index contributed by atoms with van der Waals surface area (Å²) >= 11 is 0. The second kappa shape index (κ2) is 54.7. The number of esters is 2. The predicted octanol–water partition coefficient (Wildman–Crippen LogP) is 15.7. The first-order chi connectivity index (χ1) is 36.1. The van der Waals surface area contributed by atoms with Crippen LogP contribution in [0.4, 0.5) is 0 Å². The summed E-state index contributed by atoms with van der Waals surface area (Å²) in [5.41, 5.74) is 0. The van der Waals surface area contributed by atoms with Crippen LogP contribution < -0.4 is 5.11 Å². The zero-order valence-electron chi connectivity index (χ0n) is 47.4. The van der Waals surface area contributed by atoms with E-state index in [0.29, 0.717) is 17.4 Å². The molecule has 0 N–H and O–H groups in total. The van der Waals surface area contributed by atoms with Crippen LogP contribution in [0.15, 0.2) is 134 Å². The first-order valence-corrected chi connectivity index (χ1v) is 28.8. The number of carboxylic acid groups (broad SMARTS) is 1. The largest absolute Gasteiger partial charge is 0.545 e. The Morgan fingerprint density at radius 1 is 0.419 bits per heavy atom. The van der Waals surface area contributed by atoms with Gasteiger partial charge in [-0.1, -0.05) is 225 Å². The van der Waals surface area contributed by atoms with E-state index >= 15 is 0 Å². The molecule has 2 atom stereocenters. The van der Waals surface area contributed by atoms with Crippen molar-refractivity contribution in [1.29, 1.82) is 0 Å². The molecule has 0 amide bonds. The number of hydrogen-bond acceptors (Lipinski definition) is 8. The highest BCUT2D eigenvalue weighted by Gasteiger charge is 2.22. The van der Waals surface area contributed by atoms with E-state index in [-0.39, 0.29) is 38.6 Å². The van der Waals surface area contributed by atoms with Gasteiger partial charge in [-0.25, -0.2) is 0 Å². The van der Waals surface area contributed by atoms with Crippen LogP contribution in [0.1, 0.15) is 200 Å². The van der Waals surface area contributed by atoms with Crippen molar-refractivity contribution in [2.24, 2.45) is 0 Å². The molecule has 9 nitrogen and oxygen atoms in total. The highest BCUT2D eigenvalue weighted by Crippen LogP contribution is 2.14. The summed E-state index contributed by atoms with van der Waals surface area (Å²) in [7, 11) is 5.90. The molecule has 0 spiro atoms. The van der Waals surface area contributed by atoms with Crippen molar-refractivity contribution < 1.29 is 42.9 Å². The third-order valence-electron chi connectivity index (χ3n) is 11.7. The van der Waals surface area contributed by atoms with Gasteiger partial charge in [0, 0.05) is 12.8 Å². The van der Waals surface area contributed by atoms with Gasteiger partial charge >= 0.3 is 11.9 Å². The van der Waals surface area contributed by atoms with E-state index < -0.39 is 24.3 Å². The van der Waals surface area contributed by atoms with E-state index in [9.17, 15) is 19.5 Å². The smallest absolute Gasteiger partial charge is 0.306 e. The Kier molecular flexibility index (Phi) is 51.3. The fourth-order valence-corrected chi connectivity index (χ4v) is 7.24. The van der Waals surface area contributed by atoms with E-state index in [2.05, 4.69) is 148 Å². The molecule has 0 bridgehead atoms. The molecule has 0 rings (SSSR count). The van der Waals surface area contributed by atoms with Crippen molar-refractivity contribution >= 4 is 17.9 Å². The van der Waals surface area contributed by atoms with Gasteiger partial charge in [0.25, 0.3) is 0 Å². The van der Waals surface area contributed by atoms with Crippen molar-refractivity contribution in [2.75, 3.05) is 47.5 Å². The number of aliphatic carboxylic acids is 1. The number of nitrogens with zero attached hydrogens (tertiary/aromatic N) is 1. The Balaban J connectivity index is 4.20. The van der Waals surface area contributed by atoms with Gasteiger partial charge in [0.1, 0.15) is 13.2 Å². The predicted molar refractivity (Wildman–Crippen MR) is 310 cm³/mol. The second-order valence-electron chi connectivity index (χ2n) is 19.9. The highest BCUT2D eigenvalue weighted by atomic mass is 16.7. The van der Waals surface area contributed by atoms with Crippen LogP contribution >= 0.6 is 0 Å². The molecule has 74 heavy (non-hydrogen) atoms.